The lowest BCUT2D eigenvalue weighted by Crippen LogP contribution is -2.57. The lowest BCUT2D eigenvalue weighted by atomic mass is 9.91. The van der Waals surface area contributed by atoms with Gasteiger partial charge in [-0.3, -0.25) is 0 Å². The first-order valence-electron chi connectivity index (χ1n) is 4.63. The second kappa shape index (κ2) is 3.11. The number of halogens is 1. The van der Waals surface area contributed by atoms with Crippen LogP contribution in [0.3, 0.4) is 0 Å². The summed E-state index contributed by atoms with van der Waals surface area (Å²) < 4.78 is 13.6. The van der Waals surface area contributed by atoms with E-state index in [-0.39, 0.29) is 0 Å². The average molecular weight is 179 g/mol. The summed E-state index contributed by atoms with van der Waals surface area (Å²) in [5.74, 6) is 0. The van der Waals surface area contributed by atoms with E-state index in [2.05, 4.69) is 5.32 Å². The fourth-order valence-corrected chi connectivity index (χ4v) is 1.59. The minimum Gasteiger partial charge on any atom is -0.310 e. The van der Waals surface area contributed by atoms with Crippen LogP contribution in [0.4, 0.5) is 4.39 Å². The Morgan fingerprint density at radius 2 is 1.92 bits per heavy atom. The molecule has 0 saturated carbocycles. The van der Waals surface area contributed by atoms with Gasteiger partial charge in [0, 0.05) is 19.5 Å². The van der Waals surface area contributed by atoms with E-state index in [0.717, 1.165) is 5.56 Å². The van der Waals surface area contributed by atoms with Crippen LogP contribution in [-0.2, 0) is 6.42 Å². The van der Waals surface area contributed by atoms with E-state index in [9.17, 15) is 4.39 Å². The minimum atomic E-state index is -0.991. The van der Waals surface area contributed by atoms with Crippen molar-refractivity contribution in [3.05, 3.63) is 35.4 Å². The molecule has 0 amide bonds. The van der Waals surface area contributed by atoms with Gasteiger partial charge in [0.1, 0.15) is 5.67 Å². The highest BCUT2D eigenvalue weighted by molar-refractivity contribution is 5.23. The molecule has 70 valence electrons. The number of hydrogen-bond acceptors (Lipinski definition) is 1. The summed E-state index contributed by atoms with van der Waals surface area (Å²) in [5.41, 5.74) is 1.33. The monoisotopic (exact) mass is 179 g/mol. The second-order valence-electron chi connectivity index (χ2n) is 3.92. The third-order valence-corrected chi connectivity index (χ3v) is 2.53. The van der Waals surface area contributed by atoms with Crippen LogP contribution in [0.2, 0.25) is 0 Å². The van der Waals surface area contributed by atoms with Gasteiger partial charge >= 0.3 is 0 Å². The summed E-state index contributed by atoms with van der Waals surface area (Å²) in [5, 5.41) is 2.96. The maximum atomic E-state index is 13.6. The average Bonchev–Trinajstić information content (AvgIpc) is 2.06. The fraction of sp³-hybridized carbons (Fsp3) is 0.455. The molecule has 1 N–H and O–H groups in total. The van der Waals surface area contributed by atoms with Gasteiger partial charge in [0.15, 0.2) is 0 Å². The molecule has 2 rings (SSSR count). The summed E-state index contributed by atoms with van der Waals surface area (Å²) in [6.45, 7) is 3.04. The smallest absolute Gasteiger partial charge is 0.139 e. The van der Waals surface area contributed by atoms with Crippen LogP contribution >= 0.6 is 0 Å². The Hall–Kier alpha value is -0.890. The van der Waals surface area contributed by atoms with Crippen LogP contribution in [0.15, 0.2) is 24.3 Å². The zero-order valence-electron chi connectivity index (χ0n) is 7.81. The molecule has 13 heavy (non-hydrogen) atoms. The molecule has 0 spiro atoms. The minimum absolute atomic E-state index is 0.501. The van der Waals surface area contributed by atoms with Crippen molar-refractivity contribution in [3.63, 3.8) is 0 Å². The molecule has 1 aromatic carbocycles. The summed E-state index contributed by atoms with van der Waals surface area (Å²) in [6.07, 6.45) is 0.542. The molecular weight excluding hydrogens is 165 g/mol. The Balaban J connectivity index is 2.05. The molecule has 0 bridgehead atoms. The summed E-state index contributed by atoms with van der Waals surface area (Å²) in [6, 6.07) is 8.08. The number of aryl methyl sites for hydroxylation is 1. The highest BCUT2D eigenvalue weighted by Crippen LogP contribution is 2.22. The molecule has 2 heteroatoms. The Morgan fingerprint density at radius 3 is 2.38 bits per heavy atom. The molecule has 0 aromatic heterocycles. The predicted octanol–water partition coefficient (Wildman–Crippen LogP) is 1.85. The number of nitrogens with one attached hydrogen (secondary N) is 1. The molecule has 0 unspecified atom stereocenters. The lowest BCUT2D eigenvalue weighted by Gasteiger charge is -2.35. The van der Waals surface area contributed by atoms with Crippen LogP contribution in [-0.4, -0.2) is 18.8 Å². The molecule has 1 aromatic rings. The van der Waals surface area contributed by atoms with Crippen LogP contribution in [0, 0.1) is 6.92 Å². The van der Waals surface area contributed by atoms with Crippen molar-refractivity contribution in [1.29, 1.82) is 0 Å². The standard InChI is InChI=1S/C11H14FN/c1-9-2-4-10(5-3-9)6-11(12)7-13-8-11/h2-5,13H,6-8H2,1H3. The third-order valence-electron chi connectivity index (χ3n) is 2.53. The number of alkyl halides is 1. The van der Waals surface area contributed by atoms with Crippen LogP contribution in [0.25, 0.3) is 0 Å². The van der Waals surface area contributed by atoms with Gasteiger partial charge in [0.05, 0.1) is 0 Å². The van der Waals surface area contributed by atoms with E-state index in [4.69, 9.17) is 0 Å². The van der Waals surface area contributed by atoms with Crippen LogP contribution in [0.1, 0.15) is 11.1 Å². The first kappa shape index (κ1) is 8.70. The molecule has 1 fully saturated rings. The Morgan fingerprint density at radius 1 is 1.31 bits per heavy atom. The summed E-state index contributed by atoms with van der Waals surface area (Å²) in [4.78, 5) is 0. The summed E-state index contributed by atoms with van der Waals surface area (Å²) >= 11 is 0. The molecule has 1 nitrogen and oxygen atoms in total. The van der Waals surface area contributed by atoms with E-state index in [1.807, 2.05) is 31.2 Å². The lowest BCUT2D eigenvalue weighted by molar-refractivity contribution is 0.0912. The van der Waals surface area contributed by atoms with Crippen LogP contribution in [0.5, 0.6) is 0 Å². The zero-order valence-corrected chi connectivity index (χ0v) is 7.81. The van der Waals surface area contributed by atoms with Crippen molar-refractivity contribution in [2.24, 2.45) is 0 Å². The molecule has 1 aliphatic heterocycles. The first-order chi connectivity index (χ1) is 6.18. The zero-order chi connectivity index (χ0) is 9.31. The number of benzene rings is 1. The Kier molecular flexibility index (Phi) is 2.08. The van der Waals surface area contributed by atoms with E-state index in [0.29, 0.717) is 19.5 Å². The van der Waals surface area contributed by atoms with Gasteiger partial charge in [-0.1, -0.05) is 29.8 Å². The quantitative estimate of drug-likeness (QED) is 0.730. The van der Waals surface area contributed by atoms with Gasteiger partial charge in [0.2, 0.25) is 0 Å². The van der Waals surface area contributed by atoms with E-state index < -0.39 is 5.67 Å². The van der Waals surface area contributed by atoms with Gasteiger partial charge in [-0.05, 0) is 12.5 Å². The maximum Gasteiger partial charge on any atom is 0.139 e. The van der Waals surface area contributed by atoms with Crippen molar-refractivity contribution in [2.75, 3.05) is 13.1 Å². The number of hydrogen-bond donors (Lipinski definition) is 1. The highest BCUT2D eigenvalue weighted by Gasteiger charge is 2.36. The molecule has 1 aliphatic rings. The molecule has 1 heterocycles. The van der Waals surface area contributed by atoms with Crippen molar-refractivity contribution in [3.8, 4) is 0 Å². The molecule has 0 radical (unpaired) electrons. The molecule has 0 aliphatic carbocycles. The SMILES string of the molecule is Cc1ccc(CC2(F)CNC2)cc1. The van der Waals surface area contributed by atoms with Crippen LogP contribution < -0.4 is 5.32 Å². The van der Waals surface area contributed by atoms with Crippen molar-refractivity contribution in [1.82, 2.24) is 5.32 Å². The summed E-state index contributed by atoms with van der Waals surface area (Å²) in [7, 11) is 0. The van der Waals surface area contributed by atoms with E-state index in [1.54, 1.807) is 0 Å². The highest BCUT2D eigenvalue weighted by atomic mass is 19.1. The Labute approximate surface area is 78.0 Å². The predicted molar refractivity (Wildman–Crippen MR) is 51.6 cm³/mol. The maximum absolute atomic E-state index is 13.6. The van der Waals surface area contributed by atoms with Crippen molar-refractivity contribution < 1.29 is 4.39 Å². The third kappa shape index (κ3) is 1.89. The van der Waals surface area contributed by atoms with E-state index in [1.165, 1.54) is 5.56 Å². The van der Waals surface area contributed by atoms with E-state index >= 15 is 0 Å². The largest absolute Gasteiger partial charge is 0.310 e. The van der Waals surface area contributed by atoms with Gasteiger partial charge in [0.25, 0.3) is 0 Å². The topological polar surface area (TPSA) is 12.0 Å². The number of rotatable bonds is 2. The second-order valence-corrected chi connectivity index (χ2v) is 3.92. The first-order valence-corrected chi connectivity index (χ1v) is 4.63. The van der Waals surface area contributed by atoms with Gasteiger partial charge in [-0.15, -0.1) is 0 Å². The van der Waals surface area contributed by atoms with Gasteiger partial charge in [-0.25, -0.2) is 4.39 Å². The fourth-order valence-electron chi connectivity index (χ4n) is 1.59. The molecule has 0 atom stereocenters. The molecule has 1 saturated heterocycles. The molecular formula is C11H14FN. The normalized spacial score (nSPS) is 19.5. The Bertz CT molecular complexity index is 287. The van der Waals surface area contributed by atoms with Crippen molar-refractivity contribution >= 4 is 0 Å². The van der Waals surface area contributed by atoms with Crippen molar-refractivity contribution in [2.45, 2.75) is 19.0 Å². The van der Waals surface area contributed by atoms with Gasteiger partial charge < -0.3 is 5.32 Å². The van der Waals surface area contributed by atoms with Gasteiger partial charge in [-0.2, -0.15) is 0 Å².